The van der Waals surface area contributed by atoms with Crippen LogP contribution in [0.25, 0.3) is 0 Å². The van der Waals surface area contributed by atoms with Crippen molar-refractivity contribution < 1.29 is 0 Å². The summed E-state index contributed by atoms with van der Waals surface area (Å²) in [7, 11) is 0. The van der Waals surface area contributed by atoms with Crippen LogP contribution in [0.15, 0.2) is 28.9 Å². The molecule has 4 nitrogen and oxygen atoms in total. The van der Waals surface area contributed by atoms with Crippen LogP contribution >= 0.6 is 0 Å². The molecule has 4 heteroatoms. The largest absolute Gasteiger partial charge is 0.243 e. The molecule has 0 spiro atoms. The lowest BCUT2D eigenvalue weighted by Gasteiger charge is -1.91. The maximum atomic E-state index is 4.02. The molecule has 13 heavy (non-hydrogen) atoms. The van der Waals surface area contributed by atoms with Crippen molar-refractivity contribution in [2.45, 2.75) is 26.2 Å². The van der Waals surface area contributed by atoms with Crippen LogP contribution in [0.5, 0.6) is 0 Å². The van der Waals surface area contributed by atoms with Crippen molar-refractivity contribution >= 4 is 5.69 Å². The van der Waals surface area contributed by atoms with Crippen LogP contribution in [0.4, 0.5) is 5.69 Å². The fraction of sp³-hybridized carbons (Fsp3) is 0.556. The summed E-state index contributed by atoms with van der Waals surface area (Å²) in [6.45, 7) is 2.96. The summed E-state index contributed by atoms with van der Waals surface area (Å²) in [5, 5.41) is 8.00. The van der Waals surface area contributed by atoms with Crippen LogP contribution in [0.2, 0.25) is 0 Å². The summed E-state index contributed by atoms with van der Waals surface area (Å²) in [5.41, 5.74) is 0.721. The lowest BCUT2D eigenvalue weighted by atomic mass is 10.3. The van der Waals surface area contributed by atoms with Gasteiger partial charge in [0, 0.05) is 0 Å². The third-order valence-corrected chi connectivity index (χ3v) is 1.59. The van der Waals surface area contributed by atoms with E-state index in [9.17, 15) is 0 Å². The van der Waals surface area contributed by atoms with Crippen LogP contribution in [0.3, 0.4) is 0 Å². The van der Waals surface area contributed by atoms with E-state index >= 15 is 0 Å². The molecule has 0 N–H and O–H groups in total. The Kier molecular flexibility index (Phi) is 4.68. The zero-order chi connectivity index (χ0) is 9.36. The van der Waals surface area contributed by atoms with E-state index in [1.165, 1.54) is 19.2 Å². The number of hydrogen-bond acceptors (Lipinski definition) is 4. The van der Waals surface area contributed by atoms with Gasteiger partial charge in [-0.3, -0.25) is 0 Å². The molecule has 0 saturated carbocycles. The molecule has 1 aromatic heterocycles. The molecule has 1 aromatic rings. The summed E-state index contributed by atoms with van der Waals surface area (Å²) >= 11 is 0. The van der Waals surface area contributed by atoms with Crippen LogP contribution < -0.4 is 0 Å². The van der Waals surface area contributed by atoms with E-state index in [1.54, 1.807) is 12.4 Å². The Labute approximate surface area is 78.1 Å². The van der Waals surface area contributed by atoms with E-state index in [-0.39, 0.29) is 0 Å². The molecular formula is C9H14N4. The number of unbranched alkanes of at least 4 members (excludes halogenated alkanes) is 2. The highest BCUT2D eigenvalue weighted by Crippen LogP contribution is 2.06. The molecule has 0 aromatic carbocycles. The highest BCUT2D eigenvalue weighted by atomic mass is 15.1. The Morgan fingerprint density at radius 3 is 2.69 bits per heavy atom. The van der Waals surface area contributed by atoms with E-state index in [1.807, 2.05) is 0 Å². The standard InChI is InChI=1S/C9H14N4/c1-2-3-4-5-12-13-9-6-10-8-11-7-9/h6-8H,2-5H2,1H3/b13-12+. The smallest absolute Gasteiger partial charge is 0.122 e. The molecule has 0 atom stereocenters. The predicted molar refractivity (Wildman–Crippen MR) is 50.9 cm³/mol. The minimum absolute atomic E-state index is 0.721. The number of rotatable bonds is 5. The molecule has 0 fully saturated rings. The Morgan fingerprint density at radius 1 is 1.23 bits per heavy atom. The first kappa shape index (κ1) is 9.77. The molecule has 0 aliphatic heterocycles. The van der Waals surface area contributed by atoms with Gasteiger partial charge in [-0.2, -0.15) is 10.2 Å². The lowest BCUT2D eigenvalue weighted by Crippen LogP contribution is -1.79. The van der Waals surface area contributed by atoms with Gasteiger partial charge in [-0.05, 0) is 6.42 Å². The van der Waals surface area contributed by atoms with Gasteiger partial charge in [-0.15, -0.1) is 0 Å². The van der Waals surface area contributed by atoms with Gasteiger partial charge in [-0.1, -0.05) is 19.8 Å². The van der Waals surface area contributed by atoms with Crippen LogP contribution in [0, 0.1) is 0 Å². The van der Waals surface area contributed by atoms with Crippen molar-refractivity contribution in [2.24, 2.45) is 10.2 Å². The fourth-order valence-electron chi connectivity index (χ4n) is 0.907. The summed E-state index contributed by atoms with van der Waals surface area (Å²) in [4.78, 5) is 7.67. The highest BCUT2D eigenvalue weighted by Gasteiger charge is 1.86. The SMILES string of the molecule is CCCCC/N=N/c1cncnc1. The topological polar surface area (TPSA) is 50.5 Å². The van der Waals surface area contributed by atoms with E-state index in [0.29, 0.717) is 0 Å². The average Bonchev–Trinajstić information content (AvgIpc) is 2.19. The van der Waals surface area contributed by atoms with Gasteiger partial charge in [0.2, 0.25) is 0 Å². The zero-order valence-electron chi connectivity index (χ0n) is 7.85. The van der Waals surface area contributed by atoms with Crippen molar-refractivity contribution in [2.75, 3.05) is 6.54 Å². The number of hydrogen-bond donors (Lipinski definition) is 0. The first-order valence-corrected chi connectivity index (χ1v) is 4.56. The Bertz CT molecular complexity index is 245. The monoisotopic (exact) mass is 178 g/mol. The fourth-order valence-corrected chi connectivity index (χ4v) is 0.907. The zero-order valence-corrected chi connectivity index (χ0v) is 7.85. The molecule has 0 aliphatic rings. The minimum Gasteiger partial charge on any atom is -0.243 e. The van der Waals surface area contributed by atoms with Gasteiger partial charge in [0.05, 0.1) is 18.9 Å². The second kappa shape index (κ2) is 6.22. The van der Waals surface area contributed by atoms with Crippen molar-refractivity contribution in [1.82, 2.24) is 9.97 Å². The third kappa shape index (κ3) is 4.30. The first-order valence-electron chi connectivity index (χ1n) is 4.56. The molecular weight excluding hydrogens is 164 g/mol. The van der Waals surface area contributed by atoms with Crippen LogP contribution in [-0.4, -0.2) is 16.5 Å². The Balaban J connectivity index is 2.25. The second-order valence-corrected chi connectivity index (χ2v) is 2.77. The molecule has 0 amide bonds. The molecule has 70 valence electrons. The number of aromatic nitrogens is 2. The van der Waals surface area contributed by atoms with Crippen molar-refractivity contribution in [3.05, 3.63) is 18.7 Å². The summed E-state index contributed by atoms with van der Waals surface area (Å²) in [6, 6.07) is 0. The van der Waals surface area contributed by atoms with Gasteiger partial charge < -0.3 is 0 Å². The summed E-state index contributed by atoms with van der Waals surface area (Å²) < 4.78 is 0. The van der Waals surface area contributed by atoms with Gasteiger partial charge in [-0.25, -0.2) is 9.97 Å². The molecule has 1 heterocycles. The Hall–Kier alpha value is -1.32. The first-order chi connectivity index (χ1) is 6.43. The van der Waals surface area contributed by atoms with Crippen molar-refractivity contribution in [1.29, 1.82) is 0 Å². The molecule has 0 unspecified atom stereocenters. The van der Waals surface area contributed by atoms with E-state index in [2.05, 4.69) is 27.1 Å². The van der Waals surface area contributed by atoms with E-state index in [4.69, 9.17) is 0 Å². The maximum Gasteiger partial charge on any atom is 0.122 e. The highest BCUT2D eigenvalue weighted by molar-refractivity contribution is 5.27. The Morgan fingerprint density at radius 2 is 2.00 bits per heavy atom. The maximum absolute atomic E-state index is 4.02. The van der Waals surface area contributed by atoms with Gasteiger partial charge in [0.15, 0.2) is 0 Å². The van der Waals surface area contributed by atoms with Gasteiger partial charge in [0.1, 0.15) is 12.0 Å². The summed E-state index contributed by atoms with van der Waals surface area (Å²) in [5.74, 6) is 0. The quantitative estimate of drug-likeness (QED) is 0.514. The number of azo groups is 1. The van der Waals surface area contributed by atoms with E-state index < -0.39 is 0 Å². The van der Waals surface area contributed by atoms with Crippen LogP contribution in [0.1, 0.15) is 26.2 Å². The van der Waals surface area contributed by atoms with E-state index in [0.717, 1.165) is 18.7 Å². The predicted octanol–water partition coefficient (Wildman–Crippen LogP) is 2.75. The van der Waals surface area contributed by atoms with Gasteiger partial charge in [0.25, 0.3) is 0 Å². The van der Waals surface area contributed by atoms with Gasteiger partial charge >= 0.3 is 0 Å². The molecule has 0 aliphatic carbocycles. The lowest BCUT2D eigenvalue weighted by molar-refractivity contribution is 0.713. The normalized spacial score (nSPS) is 10.8. The molecule has 0 radical (unpaired) electrons. The van der Waals surface area contributed by atoms with Crippen molar-refractivity contribution in [3.63, 3.8) is 0 Å². The molecule has 0 bridgehead atoms. The van der Waals surface area contributed by atoms with Crippen LogP contribution in [-0.2, 0) is 0 Å². The van der Waals surface area contributed by atoms with Crippen molar-refractivity contribution in [3.8, 4) is 0 Å². The summed E-state index contributed by atoms with van der Waals surface area (Å²) in [6.07, 6.45) is 8.31. The number of nitrogens with zero attached hydrogens (tertiary/aromatic N) is 4. The third-order valence-electron chi connectivity index (χ3n) is 1.59. The minimum atomic E-state index is 0.721. The average molecular weight is 178 g/mol. The molecule has 1 rings (SSSR count). The second-order valence-electron chi connectivity index (χ2n) is 2.77. The molecule has 0 saturated heterocycles.